The summed E-state index contributed by atoms with van der Waals surface area (Å²) in [5, 5.41) is 2.86. The Kier molecular flexibility index (Phi) is 6.43. The number of halogens is 1. The van der Waals surface area contributed by atoms with Gasteiger partial charge in [0.2, 0.25) is 0 Å². The fourth-order valence-electron chi connectivity index (χ4n) is 2.59. The monoisotopic (exact) mass is 404 g/mol. The van der Waals surface area contributed by atoms with Crippen LogP contribution in [0.4, 0.5) is 4.79 Å². The van der Waals surface area contributed by atoms with Crippen LogP contribution in [-0.4, -0.2) is 57.2 Å². The van der Waals surface area contributed by atoms with E-state index in [0.717, 1.165) is 10.0 Å². The summed E-state index contributed by atoms with van der Waals surface area (Å²) in [6, 6.07) is 7.13. The van der Waals surface area contributed by atoms with E-state index in [0.29, 0.717) is 26.1 Å². The first-order valence-corrected chi connectivity index (χ1v) is 10.0. The van der Waals surface area contributed by atoms with Crippen molar-refractivity contribution in [3.63, 3.8) is 0 Å². The zero-order valence-corrected chi connectivity index (χ0v) is 15.4. The van der Waals surface area contributed by atoms with Gasteiger partial charge < -0.3 is 15.0 Å². The van der Waals surface area contributed by atoms with E-state index in [-0.39, 0.29) is 23.6 Å². The Labute approximate surface area is 145 Å². The molecule has 1 aliphatic heterocycles. The Hall–Kier alpha value is -1.12. The minimum atomic E-state index is -3.04. The van der Waals surface area contributed by atoms with Crippen molar-refractivity contribution in [3.8, 4) is 0 Å². The molecule has 1 N–H and O–H groups in total. The molecule has 1 aliphatic rings. The summed E-state index contributed by atoms with van der Waals surface area (Å²) in [5.41, 5.74) is 0.971. The number of nitrogens with one attached hydrogen (secondary N) is 1. The Bertz CT molecular complexity index is 651. The summed E-state index contributed by atoms with van der Waals surface area (Å²) in [5.74, 6) is 0.168. The molecule has 0 saturated carbocycles. The van der Waals surface area contributed by atoms with Crippen molar-refractivity contribution in [1.29, 1.82) is 0 Å². The van der Waals surface area contributed by atoms with E-state index in [1.807, 2.05) is 24.3 Å². The molecule has 2 amide bonds. The lowest BCUT2D eigenvalue weighted by Crippen LogP contribution is -2.48. The van der Waals surface area contributed by atoms with E-state index in [9.17, 15) is 13.2 Å². The van der Waals surface area contributed by atoms with Gasteiger partial charge in [-0.05, 0) is 24.1 Å². The van der Waals surface area contributed by atoms with Gasteiger partial charge in [-0.25, -0.2) is 13.2 Å². The Balaban J connectivity index is 1.99. The van der Waals surface area contributed by atoms with Crippen molar-refractivity contribution >= 4 is 31.8 Å². The maximum absolute atomic E-state index is 12.5. The van der Waals surface area contributed by atoms with Crippen molar-refractivity contribution in [3.05, 3.63) is 34.3 Å². The van der Waals surface area contributed by atoms with Gasteiger partial charge in [-0.1, -0.05) is 28.1 Å². The van der Waals surface area contributed by atoms with E-state index >= 15 is 0 Å². The van der Waals surface area contributed by atoms with Gasteiger partial charge >= 0.3 is 6.03 Å². The summed E-state index contributed by atoms with van der Waals surface area (Å²) >= 11 is 3.39. The number of urea groups is 1. The average Bonchev–Trinajstić information content (AvgIpc) is 2.85. The zero-order valence-electron chi connectivity index (χ0n) is 13.0. The van der Waals surface area contributed by atoms with Crippen LogP contribution >= 0.6 is 15.9 Å². The van der Waals surface area contributed by atoms with Crippen LogP contribution in [0.25, 0.3) is 0 Å². The number of amides is 2. The van der Waals surface area contributed by atoms with Gasteiger partial charge in [0.15, 0.2) is 9.84 Å². The SMILES string of the molecule is COCCN(C(=O)NCc1cccc(Br)c1)C1CCS(=O)(=O)C1. The molecule has 1 fully saturated rings. The lowest BCUT2D eigenvalue weighted by Gasteiger charge is -2.28. The molecule has 6 nitrogen and oxygen atoms in total. The number of benzene rings is 1. The molecule has 1 aromatic carbocycles. The number of carbonyl (C=O) groups excluding carboxylic acids is 1. The smallest absolute Gasteiger partial charge is 0.318 e. The van der Waals surface area contributed by atoms with Crippen LogP contribution in [0.15, 0.2) is 28.7 Å². The van der Waals surface area contributed by atoms with E-state index in [1.165, 1.54) is 0 Å². The first-order chi connectivity index (χ1) is 10.9. The summed E-state index contributed by atoms with van der Waals surface area (Å²) in [7, 11) is -1.48. The third-order valence-corrected chi connectivity index (χ3v) is 6.02. The number of rotatable bonds is 6. The summed E-state index contributed by atoms with van der Waals surface area (Å²) in [4.78, 5) is 14.0. The highest BCUT2D eigenvalue weighted by molar-refractivity contribution is 9.10. The van der Waals surface area contributed by atoms with Gasteiger partial charge in [-0.2, -0.15) is 0 Å². The fraction of sp³-hybridized carbons (Fsp3) is 0.533. The number of ether oxygens (including phenoxy) is 1. The topological polar surface area (TPSA) is 75.7 Å². The second kappa shape index (κ2) is 8.12. The molecule has 23 heavy (non-hydrogen) atoms. The summed E-state index contributed by atoms with van der Waals surface area (Å²) in [6.07, 6.45) is 0.482. The molecule has 1 atom stereocenters. The van der Waals surface area contributed by atoms with Gasteiger partial charge in [0.05, 0.1) is 18.1 Å². The molecule has 0 aromatic heterocycles. The third kappa shape index (κ3) is 5.47. The van der Waals surface area contributed by atoms with Crippen LogP contribution in [0.2, 0.25) is 0 Å². The number of nitrogens with zero attached hydrogens (tertiary/aromatic N) is 1. The first-order valence-electron chi connectivity index (χ1n) is 7.39. The number of hydrogen-bond acceptors (Lipinski definition) is 4. The highest BCUT2D eigenvalue weighted by atomic mass is 79.9. The van der Waals surface area contributed by atoms with Crippen LogP contribution in [0.3, 0.4) is 0 Å². The van der Waals surface area contributed by atoms with E-state index < -0.39 is 9.84 Å². The van der Waals surface area contributed by atoms with Gasteiger partial charge in [-0.15, -0.1) is 0 Å². The van der Waals surface area contributed by atoms with Crippen molar-refractivity contribution in [2.24, 2.45) is 0 Å². The van der Waals surface area contributed by atoms with Crippen molar-refractivity contribution in [2.45, 2.75) is 19.0 Å². The standard InChI is InChI=1S/C15H21BrN2O4S/c1-22-7-6-18(14-5-8-23(20,21)11-14)15(19)17-10-12-3-2-4-13(16)9-12/h2-4,9,14H,5-8,10-11H2,1H3,(H,17,19). The van der Waals surface area contributed by atoms with E-state index in [4.69, 9.17) is 4.74 Å². The maximum atomic E-state index is 12.5. The van der Waals surface area contributed by atoms with Gasteiger partial charge in [0.25, 0.3) is 0 Å². The zero-order chi connectivity index (χ0) is 16.9. The highest BCUT2D eigenvalue weighted by Crippen LogP contribution is 2.18. The molecule has 1 heterocycles. The molecule has 1 saturated heterocycles. The second-order valence-electron chi connectivity index (χ2n) is 5.53. The van der Waals surface area contributed by atoms with Crippen molar-refractivity contribution in [1.82, 2.24) is 10.2 Å². The van der Waals surface area contributed by atoms with Gasteiger partial charge in [-0.3, -0.25) is 0 Å². The third-order valence-electron chi connectivity index (χ3n) is 3.78. The molecule has 1 unspecified atom stereocenters. The van der Waals surface area contributed by atoms with Crippen LogP contribution in [0.5, 0.6) is 0 Å². The normalized spacial score (nSPS) is 19.5. The minimum Gasteiger partial charge on any atom is -0.383 e. The average molecular weight is 405 g/mol. The number of carbonyl (C=O) groups is 1. The predicted molar refractivity (Wildman–Crippen MR) is 92.0 cm³/mol. The van der Waals surface area contributed by atoms with Crippen molar-refractivity contribution < 1.29 is 17.9 Å². The molecule has 0 radical (unpaired) electrons. The van der Waals surface area contributed by atoms with Crippen LogP contribution in [0, 0.1) is 0 Å². The van der Waals surface area contributed by atoms with Crippen LogP contribution in [0.1, 0.15) is 12.0 Å². The second-order valence-corrected chi connectivity index (χ2v) is 8.68. The Morgan fingerprint density at radius 1 is 1.48 bits per heavy atom. The molecular formula is C15H21BrN2O4S. The number of methoxy groups -OCH3 is 1. The van der Waals surface area contributed by atoms with Gasteiger partial charge in [0, 0.05) is 30.7 Å². The Morgan fingerprint density at radius 3 is 2.87 bits per heavy atom. The van der Waals surface area contributed by atoms with Gasteiger partial charge in [0.1, 0.15) is 0 Å². The van der Waals surface area contributed by atoms with Crippen LogP contribution < -0.4 is 5.32 Å². The lowest BCUT2D eigenvalue weighted by molar-refractivity contribution is 0.133. The van der Waals surface area contributed by atoms with E-state index in [2.05, 4.69) is 21.2 Å². The molecule has 0 aliphatic carbocycles. The molecule has 1 aromatic rings. The molecule has 128 valence electrons. The number of hydrogen-bond donors (Lipinski definition) is 1. The molecule has 0 spiro atoms. The first kappa shape index (κ1) is 18.2. The predicted octanol–water partition coefficient (Wildman–Crippen LogP) is 1.79. The Morgan fingerprint density at radius 2 is 2.26 bits per heavy atom. The quantitative estimate of drug-likeness (QED) is 0.783. The molecule has 0 bridgehead atoms. The lowest BCUT2D eigenvalue weighted by atomic mass is 10.2. The van der Waals surface area contributed by atoms with Crippen molar-refractivity contribution in [2.75, 3.05) is 31.8 Å². The summed E-state index contributed by atoms with van der Waals surface area (Å²) < 4.78 is 29.3. The maximum Gasteiger partial charge on any atom is 0.318 e. The number of sulfone groups is 1. The molecular weight excluding hydrogens is 384 g/mol. The summed E-state index contributed by atoms with van der Waals surface area (Å²) in [6.45, 7) is 1.14. The van der Waals surface area contributed by atoms with Crippen LogP contribution in [-0.2, 0) is 21.1 Å². The largest absolute Gasteiger partial charge is 0.383 e. The fourth-order valence-corrected chi connectivity index (χ4v) is 4.76. The molecule has 8 heteroatoms. The van der Waals surface area contributed by atoms with E-state index in [1.54, 1.807) is 12.0 Å². The molecule has 2 rings (SSSR count). The highest BCUT2D eigenvalue weighted by Gasteiger charge is 2.34. The minimum absolute atomic E-state index is 0.0288.